The molecule has 0 saturated carbocycles. The van der Waals surface area contributed by atoms with Gasteiger partial charge in [0, 0.05) is 31.9 Å². The average Bonchev–Trinajstić information content (AvgIpc) is 2.74. The number of thioether (sulfide) groups is 1. The number of ether oxygens (including phenoxy) is 1. The number of methoxy groups -OCH3 is 1. The van der Waals surface area contributed by atoms with Crippen molar-refractivity contribution in [2.24, 2.45) is 4.99 Å². The van der Waals surface area contributed by atoms with E-state index in [0.29, 0.717) is 5.75 Å². The van der Waals surface area contributed by atoms with E-state index in [0.717, 1.165) is 54.0 Å². The van der Waals surface area contributed by atoms with Crippen molar-refractivity contribution >= 4 is 34.2 Å². The Kier molecular flexibility index (Phi) is 7.55. The number of anilines is 1. The fourth-order valence-electron chi connectivity index (χ4n) is 3.02. The first-order valence-electron chi connectivity index (χ1n) is 9.69. The van der Waals surface area contributed by atoms with Crippen LogP contribution in [0.15, 0.2) is 53.5 Å². The van der Waals surface area contributed by atoms with E-state index < -0.39 is 0 Å². The molecule has 0 aliphatic carbocycles. The minimum atomic E-state index is -0.0434. The number of nitrogens with one attached hydrogen (secondary N) is 1. The topological polar surface area (TPSA) is 57.2 Å². The minimum Gasteiger partial charge on any atom is -0.497 e. The van der Waals surface area contributed by atoms with Crippen molar-refractivity contribution in [2.45, 2.75) is 6.92 Å². The highest BCUT2D eigenvalue weighted by Crippen LogP contribution is 2.22. The van der Waals surface area contributed by atoms with Crippen LogP contribution in [-0.4, -0.2) is 67.0 Å². The maximum Gasteiger partial charge on any atom is 0.234 e. The van der Waals surface area contributed by atoms with E-state index in [9.17, 15) is 4.79 Å². The summed E-state index contributed by atoms with van der Waals surface area (Å²) in [7, 11) is 3.76. The van der Waals surface area contributed by atoms with Crippen LogP contribution in [0.1, 0.15) is 5.56 Å². The molecule has 29 heavy (non-hydrogen) atoms. The molecule has 1 saturated heterocycles. The second kappa shape index (κ2) is 10.3. The first-order chi connectivity index (χ1) is 14.0. The molecule has 2 aromatic carbocycles. The number of amidine groups is 1. The summed E-state index contributed by atoms with van der Waals surface area (Å²) in [6.07, 6.45) is 0. The summed E-state index contributed by atoms with van der Waals surface area (Å²) in [5.74, 6) is 1.05. The van der Waals surface area contributed by atoms with Gasteiger partial charge in [-0.15, -0.1) is 0 Å². The summed E-state index contributed by atoms with van der Waals surface area (Å²) >= 11 is 1.49. The second-order valence-corrected chi connectivity index (χ2v) is 7.98. The first-order valence-corrected chi connectivity index (χ1v) is 10.7. The van der Waals surface area contributed by atoms with Gasteiger partial charge in [0.15, 0.2) is 5.17 Å². The predicted octanol–water partition coefficient (Wildman–Crippen LogP) is 3.61. The summed E-state index contributed by atoms with van der Waals surface area (Å²) in [4.78, 5) is 22.0. The van der Waals surface area contributed by atoms with Gasteiger partial charge < -0.3 is 19.9 Å². The molecule has 7 heteroatoms. The molecule has 0 atom stereocenters. The number of piperazine rings is 1. The van der Waals surface area contributed by atoms with Crippen LogP contribution in [0.2, 0.25) is 0 Å². The van der Waals surface area contributed by atoms with Crippen molar-refractivity contribution in [2.75, 3.05) is 51.4 Å². The van der Waals surface area contributed by atoms with Crippen LogP contribution in [0.3, 0.4) is 0 Å². The zero-order chi connectivity index (χ0) is 20.6. The van der Waals surface area contributed by atoms with Crippen LogP contribution >= 0.6 is 11.8 Å². The van der Waals surface area contributed by atoms with Crippen molar-refractivity contribution in [3.05, 3.63) is 54.1 Å². The van der Waals surface area contributed by atoms with Gasteiger partial charge in [-0.2, -0.15) is 0 Å². The molecule has 0 radical (unpaired) electrons. The van der Waals surface area contributed by atoms with E-state index in [4.69, 9.17) is 9.73 Å². The van der Waals surface area contributed by atoms with Gasteiger partial charge in [-0.25, -0.2) is 4.99 Å². The van der Waals surface area contributed by atoms with E-state index in [1.54, 1.807) is 7.11 Å². The van der Waals surface area contributed by atoms with Crippen molar-refractivity contribution in [3.8, 4) is 5.75 Å². The van der Waals surface area contributed by atoms with Crippen molar-refractivity contribution < 1.29 is 9.53 Å². The lowest BCUT2D eigenvalue weighted by molar-refractivity contribution is -0.113. The fraction of sp³-hybridized carbons (Fsp3) is 0.364. The Morgan fingerprint density at radius 2 is 1.86 bits per heavy atom. The Balaban J connectivity index is 1.66. The maximum atomic E-state index is 12.6. The van der Waals surface area contributed by atoms with Crippen LogP contribution < -0.4 is 10.1 Å². The van der Waals surface area contributed by atoms with Crippen molar-refractivity contribution in [1.82, 2.24) is 9.80 Å². The molecule has 1 aliphatic rings. The molecular weight excluding hydrogens is 384 g/mol. The molecule has 2 aromatic rings. The van der Waals surface area contributed by atoms with Gasteiger partial charge in [-0.1, -0.05) is 30.0 Å². The van der Waals surface area contributed by atoms with Gasteiger partial charge in [0.25, 0.3) is 0 Å². The molecule has 0 unspecified atom stereocenters. The number of carbonyl (C=O) groups excluding carboxylic acids is 1. The van der Waals surface area contributed by atoms with E-state index in [-0.39, 0.29) is 5.91 Å². The zero-order valence-electron chi connectivity index (χ0n) is 17.2. The normalized spacial score (nSPS) is 15.3. The second-order valence-electron chi connectivity index (χ2n) is 7.04. The van der Waals surface area contributed by atoms with E-state index in [2.05, 4.69) is 22.2 Å². The molecule has 1 aliphatic heterocycles. The first kappa shape index (κ1) is 21.2. The quantitative estimate of drug-likeness (QED) is 0.601. The minimum absolute atomic E-state index is 0.0434. The number of amides is 1. The lowest BCUT2D eigenvalue weighted by Gasteiger charge is -2.34. The summed E-state index contributed by atoms with van der Waals surface area (Å²) in [5, 5.41) is 3.89. The average molecular weight is 413 g/mol. The Morgan fingerprint density at radius 1 is 1.14 bits per heavy atom. The van der Waals surface area contributed by atoms with Gasteiger partial charge in [-0.3, -0.25) is 4.79 Å². The summed E-state index contributed by atoms with van der Waals surface area (Å²) in [6, 6.07) is 15.5. The molecule has 6 nitrogen and oxygen atoms in total. The Bertz CT molecular complexity index is 849. The molecule has 1 fully saturated rings. The van der Waals surface area contributed by atoms with E-state index in [1.807, 2.05) is 55.5 Å². The SMILES string of the molecule is COc1ccc(NC(=O)CSC(=Nc2ccccc2)N2CCN(C)CC2)c(C)c1. The monoisotopic (exact) mass is 412 g/mol. The number of hydrogen-bond donors (Lipinski definition) is 1. The van der Waals surface area contributed by atoms with Gasteiger partial charge in [-0.05, 0) is 49.9 Å². The number of para-hydroxylation sites is 1. The van der Waals surface area contributed by atoms with Crippen LogP contribution in [0.25, 0.3) is 0 Å². The highest BCUT2D eigenvalue weighted by molar-refractivity contribution is 8.14. The molecule has 0 aromatic heterocycles. The van der Waals surface area contributed by atoms with E-state index >= 15 is 0 Å². The van der Waals surface area contributed by atoms with Gasteiger partial charge in [0.1, 0.15) is 5.75 Å². The molecule has 154 valence electrons. The number of benzene rings is 2. The Hall–Kier alpha value is -2.51. The van der Waals surface area contributed by atoms with Gasteiger partial charge in [0.2, 0.25) is 5.91 Å². The van der Waals surface area contributed by atoms with E-state index in [1.165, 1.54) is 11.8 Å². The number of likely N-dealkylation sites (N-methyl/N-ethyl adjacent to an activating group) is 1. The largest absolute Gasteiger partial charge is 0.497 e. The third kappa shape index (κ3) is 6.24. The summed E-state index contributed by atoms with van der Waals surface area (Å²) in [6.45, 7) is 5.76. The maximum absolute atomic E-state index is 12.6. The fourth-order valence-corrected chi connectivity index (χ4v) is 3.89. The molecule has 3 rings (SSSR count). The molecule has 0 spiro atoms. The van der Waals surface area contributed by atoms with Crippen molar-refractivity contribution in [1.29, 1.82) is 0 Å². The smallest absolute Gasteiger partial charge is 0.234 e. The molecule has 1 N–H and O–H groups in total. The third-order valence-electron chi connectivity index (χ3n) is 4.79. The number of aryl methyl sites for hydroxylation is 1. The highest BCUT2D eigenvalue weighted by atomic mass is 32.2. The Labute approximate surface area is 176 Å². The van der Waals surface area contributed by atoms with Crippen LogP contribution in [0.5, 0.6) is 5.75 Å². The van der Waals surface area contributed by atoms with Gasteiger partial charge in [0.05, 0.1) is 18.6 Å². The number of nitrogens with zero attached hydrogens (tertiary/aromatic N) is 3. The predicted molar refractivity (Wildman–Crippen MR) is 121 cm³/mol. The van der Waals surface area contributed by atoms with Gasteiger partial charge >= 0.3 is 0 Å². The lowest BCUT2D eigenvalue weighted by atomic mass is 10.2. The number of hydrogen-bond acceptors (Lipinski definition) is 5. The van der Waals surface area contributed by atoms with Crippen LogP contribution in [0, 0.1) is 6.92 Å². The molecular formula is C22H28N4O2S. The lowest BCUT2D eigenvalue weighted by Crippen LogP contribution is -2.46. The number of carbonyl (C=O) groups is 1. The van der Waals surface area contributed by atoms with Crippen LogP contribution in [-0.2, 0) is 4.79 Å². The molecule has 1 heterocycles. The highest BCUT2D eigenvalue weighted by Gasteiger charge is 2.19. The zero-order valence-corrected chi connectivity index (χ0v) is 18.0. The molecule has 0 bridgehead atoms. The Morgan fingerprint density at radius 3 is 2.52 bits per heavy atom. The van der Waals surface area contributed by atoms with Crippen molar-refractivity contribution in [3.63, 3.8) is 0 Å². The summed E-state index contributed by atoms with van der Waals surface area (Å²) < 4.78 is 5.22. The third-order valence-corrected chi connectivity index (χ3v) is 5.81. The van der Waals surface area contributed by atoms with Crippen LogP contribution in [0.4, 0.5) is 11.4 Å². The number of rotatable bonds is 5. The standard InChI is InChI=1S/C22H28N4O2S/c1-17-15-19(28-3)9-10-20(17)24-21(27)16-29-22(23-18-7-5-4-6-8-18)26-13-11-25(2)12-14-26/h4-10,15H,11-14,16H2,1-3H3,(H,24,27). The number of aliphatic imine (C=N–C) groups is 1. The molecule has 1 amide bonds. The summed E-state index contributed by atoms with van der Waals surface area (Å²) in [5.41, 5.74) is 2.68.